The van der Waals surface area contributed by atoms with Gasteiger partial charge >= 0.3 is 0 Å². The van der Waals surface area contributed by atoms with Crippen molar-refractivity contribution in [3.63, 3.8) is 0 Å². The molecule has 4 N–H and O–H groups in total. The molecule has 6 nitrogen and oxygen atoms in total. The fourth-order valence-corrected chi connectivity index (χ4v) is 5.35. The lowest BCUT2D eigenvalue weighted by Crippen LogP contribution is -2.15. The highest BCUT2D eigenvalue weighted by Crippen LogP contribution is 2.39. The standard InChI is InChI=1S/C32H41N3O2.H2O/c1-7-8-9-18-35-22(3)29(31(37)33-27-15-13-26(14-16-27)32(4,5)6)34-30(35)25-12-17-28-23(19-21(2)36)10-11-24(28)20-25;/h12-17,20,23,36H,2,7-11,18-19H2,1,3-6H3,(H,33,37);1H2/t23-;/m0./s1. The van der Waals surface area contributed by atoms with Crippen molar-refractivity contribution in [1.82, 2.24) is 9.55 Å². The maximum atomic E-state index is 13.4. The first-order chi connectivity index (χ1) is 17.6. The third-order valence-electron chi connectivity index (χ3n) is 7.52. The van der Waals surface area contributed by atoms with Gasteiger partial charge in [0.1, 0.15) is 11.5 Å². The molecule has 0 spiro atoms. The predicted octanol–water partition coefficient (Wildman–Crippen LogP) is 7.27. The molecule has 4 rings (SSSR count). The van der Waals surface area contributed by atoms with Crippen molar-refractivity contribution in [3.8, 4) is 11.4 Å². The summed E-state index contributed by atoms with van der Waals surface area (Å²) in [5.74, 6) is 1.23. The van der Waals surface area contributed by atoms with Gasteiger partial charge in [-0.25, -0.2) is 4.98 Å². The van der Waals surface area contributed by atoms with E-state index in [4.69, 9.17) is 4.98 Å². The monoisotopic (exact) mass is 517 g/mol. The number of hydrogen-bond acceptors (Lipinski definition) is 3. The van der Waals surface area contributed by atoms with Gasteiger partial charge in [-0.1, -0.05) is 71.4 Å². The molecule has 38 heavy (non-hydrogen) atoms. The first-order valence-electron chi connectivity index (χ1n) is 13.6. The highest BCUT2D eigenvalue weighted by atomic mass is 16.3. The van der Waals surface area contributed by atoms with Gasteiger partial charge < -0.3 is 20.5 Å². The number of unbranched alkanes of at least 4 members (excludes halogenated alkanes) is 2. The molecule has 1 aromatic heterocycles. The molecule has 0 bridgehead atoms. The van der Waals surface area contributed by atoms with Crippen LogP contribution in [0.25, 0.3) is 11.4 Å². The molecule has 3 aromatic rings. The van der Waals surface area contributed by atoms with Gasteiger partial charge in [0, 0.05) is 29.9 Å². The molecule has 0 radical (unpaired) electrons. The van der Waals surface area contributed by atoms with Crippen molar-refractivity contribution in [3.05, 3.63) is 82.9 Å². The normalized spacial score (nSPS) is 14.6. The van der Waals surface area contributed by atoms with Crippen LogP contribution in [0.1, 0.15) is 98.6 Å². The van der Waals surface area contributed by atoms with Gasteiger partial charge in [-0.2, -0.15) is 0 Å². The van der Waals surface area contributed by atoms with Crippen molar-refractivity contribution < 1.29 is 15.4 Å². The first-order valence-corrected chi connectivity index (χ1v) is 13.6. The molecule has 6 heteroatoms. The zero-order chi connectivity index (χ0) is 26.7. The highest BCUT2D eigenvalue weighted by Gasteiger charge is 2.26. The summed E-state index contributed by atoms with van der Waals surface area (Å²) in [4.78, 5) is 18.3. The minimum atomic E-state index is -0.181. The Labute approximate surface area is 227 Å². The third-order valence-corrected chi connectivity index (χ3v) is 7.52. The van der Waals surface area contributed by atoms with E-state index in [-0.39, 0.29) is 22.6 Å². The average Bonchev–Trinajstić information content (AvgIpc) is 3.39. The van der Waals surface area contributed by atoms with Crippen molar-refractivity contribution >= 4 is 11.6 Å². The molecular weight excluding hydrogens is 474 g/mol. The molecule has 204 valence electrons. The Morgan fingerprint density at radius 1 is 1.16 bits per heavy atom. The maximum Gasteiger partial charge on any atom is 0.276 e. The van der Waals surface area contributed by atoms with Crippen molar-refractivity contribution in [2.75, 3.05) is 5.32 Å². The lowest BCUT2D eigenvalue weighted by molar-refractivity contribution is 0.102. The van der Waals surface area contributed by atoms with Crippen LogP contribution in [0.3, 0.4) is 0 Å². The number of carbonyl (C=O) groups is 1. The fourth-order valence-electron chi connectivity index (χ4n) is 5.35. The largest absolute Gasteiger partial charge is 0.513 e. The van der Waals surface area contributed by atoms with Gasteiger partial charge in [0.25, 0.3) is 5.91 Å². The molecule has 1 amide bonds. The number of rotatable bonds is 9. The van der Waals surface area contributed by atoms with Gasteiger partial charge in [0.15, 0.2) is 0 Å². The van der Waals surface area contributed by atoms with Crippen LogP contribution in [0.5, 0.6) is 0 Å². The van der Waals surface area contributed by atoms with Crippen LogP contribution < -0.4 is 5.32 Å². The summed E-state index contributed by atoms with van der Waals surface area (Å²) >= 11 is 0. The van der Waals surface area contributed by atoms with Gasteiger partial charge in [-0.3, -0.25) is 4.79 Å². The summed E-state index contributed by atoms with van der Waals surface area (Å²) < 4.78 is 2.21. The summed E-state index contributed by atoms with van der Waals surface area (Å²) in [6, 6.07) is 14.6. The Bertz CT molecular complexity index is 1280. The van der Waals surface area contributed by atoms with E-state index in [1.54, 1.807) is 0 Å². The van der Waals surface area contributed by atoms with Gasteiger partial charge in [-0.05, 0) is 72.4 Å². The Morgan fingerprint density at radius 2 is 1.87 bits per heavy atom. The SMILES string of the molecule is C=C(O)C[C@@H]1CCc2cc(-c3nc(C(=O)Nc4ccc(C(C)(C)C)cc4)c(C)n3CCCCC)ccc21.O. The molecule has 0 aliphatic heterocycles. The molecule has 0 saturated heterocycles. The molecule has 0 saturated carbocycles. The average molecular weight is 518 g/mol. The van der Waals surface area contributed by atoms with Crippen LogP contribution in [0.2, 0.25) is 0 Å². The number of anilines is 1. The number of hydrogen-bond donors (Lipinski definition) is 2. The fraction of sp³-hybridized carbons (Fsp3) is 0.438. The number of nitrogens with one attached hydrogen (secondary N) is 1. The number of aliphatic hydroxyl groups excluding tert-OH is 1. The summed E-state index contributed by atoms with van der Waals surface area (Å²) in [5.41, 5.74) is 7.06. The van der Waals surface area contributed by atoms with Crippen molar-refractivity contribution in [1.29, 1.82) is 0 Å². The summed E-state index contributed by atoms with van der Waals surface area (Å²) in [6.45, 7) is 15.2. The molecule has 1 aliphatic carbocycles. The van der Waals surface area contributed by atoms with Crippen LogP contribution >= 0.6 is 0 Å². The second kappa shape index (κ2) is 12.0. The molecule has 0 fully saturated rings. The van der Waals surface area contributed by atoms with E-state index < -0.39 is 0 Å². The minimum absolute atomic E-state index is 0. The van der Waals surface area contributed by atoms with Crippen LogP contribution in [-0.4, -0.2) is 26.0 Å². The molecular formula is C32H43N3O3. The summed E-state index contributed by atoms with van der Waals surface area (Å²) in [5, 5.41) is 12.8. The van der Waals surface area contributed by atoms with Crippen LogP contribution in [0.15, 0.2) is 54.8 Å². The molecule has 2 aromatic carbocycles. The van der Waals surface area contributed by atoms with E-state index in [1.165, 1.54) is 16.7 Å². The van der Waals surface area contributed by atoms with Crippen molar-refractivity contribution in [2.24, 2.45) is 0 Å². The molecule has 1 aliphatic rings. The van der Waals surface area contributed by atoms with E-state index in [1.807, 2.05) is 19.1 Å². The van der Waals surface area contributed by atoms with E-state index in [2.05, 4.69) is 74.5 Å². The second-order valence-electron chi connectivity index (χ2n) is 11.4. The number of benzene rings is 2. The highest BCUT2D eigenvalue weighted by molar-refractivity contribution is 6.04. The van der Waals surface area contributed by atoms with Crippen molar-refractivity contribution in [2.45, 2.75) is 91.0 Å². The van der Waals surface area contributed by atoms with Crippen LogP contribution in [0.4, 0.5) is 5.69 Å². The number of aliphatic hydroxyl groups is 1. The Balaban J connectivity index is 0.00000400. The van der Waals surface area contributed by atoms with E-state index in [9.17, 15) is 9.90 Å². The van der Waals surface area contributed by atoms with E-state index >= 15 is 0 Å². The Hall–Kier alpha value is -3.38. The molecule has 1 atom stereocenters. The number of aryl methyl sites for hydroxylation is 1. The smallest absolute Gasteiger partial charge is 0.276 e. The lowest BCUT2D eigenvalue weighted by atomic mass is 9.87. The topological polar surface area (TPSA) is 98.7 Å². The van der Waals surface area contributed by atoms with Gasteiger partial charge in [-0.15, -0.1) is 0 Å². The number of nitrogens with zero attached hydrogens (tertiary/aromatic N) is 2. The number of amides is 1. The quantitative estimate of drug-likeness (QED) is 0.231. The number of imidazole rings is 1. The predicted molar refractivity (Wildman–Crippen MR) is 156 cm³/mol. The summed E-state index contributed by atoms with van der Waals surface area (Å²) in [6.07, 6.45) is 5.92. The second-order valence-corrected chi connectivity index (χ2v) is 11.4. The van der Waals surface area contributed by atoms with E-state index in [0.717, 1.165) is 61.4 Å². The number of aromatic nitrogens is 2. The summed E-state index contributed by atoms with van der Waals surface area (Å²) in [7, 11) is 0. The third kappa shape index (κ3) is 6.36. The van der Waals surface area contributed by atoms with Crippen LogP contribution in [0, 0.1) is 6.92 Å². The molecule has 0 unspecified atom stereocenters. The van der Waals surface area contributed by atoms with Gasteiger partial charge in [0.05, 0.1) is 5.76 Å². The minimum Gasteiger partial charge on any atom is -0.513 e. The zero-order valence-electron chi connectivity index (χ0n) is 23.5. The van der Waals surface area contributed by atoms with Gasteiger partial charge in [0.2, 0.25) is 0 Å². The molecule has 1 heterocycles. The zero-order valence-corrected chi connectivity index (χ0v) is 23.5. The lowest BCUT2D eigenvalue weighted by Gasteiger charge is -2.19. The Kier molecular flexibility index (Phi) is 9.21. The van der Waals surface area contributed by atoms with E-state index in [0.29, 0.717) is 18.0 Å². The Morgan fingerprint density at radius 3 is 2.50 bits per heavy atom. The maximum absolute atomic E-state index is 13.4. The van der Waals surface area contributed by atoms with Crippen LogP contribution in [-0.2, 0) is 18.4 Å². The number of fused-ring (bicyclic) bond motifs is 1. The number of carbonyl (C=O) groups excluding carboxylic acids is 1. The number of allylic oxidation sites excluding steroid dienone is 1. The first kappa shape index (κ1) is 29.2.